The van der Waals surface area contributed by atoms with Gasteiger partial charge in [-0.1, -0.05) is 12.1 Å². The van der Waals surface area contributed by atoms with E-state index in [9.17, 15) is 9.59 Å². The molecule has 1 amide bonds. The van der Waals surface area contributed by atoms with E-state index in [-0.39, 0.29) is 11.7 Å². The number of carbonyl (C=O) groups is 2. The van der Waals surface area contributed by atoms with Gasteiger partial charge in [-0.2, -0.15) is 0 Å². The van der Waals surface area contributed by atoms with Crippen LogP contribution in [0.5, 0.6) is 0 Å². The van der Waals surface area contributed by atoms with Crippen molar-refractivity contribution in [3.63, 3.8) is 0 Å². The van der Waals surface area contributed by atoms with Crippen LogP contribution in [-0.4, -0.2) is 42.8 Å². The van der Waals surface area contributed by atoms with Gasteiger partial charge in [0.15, 0.2) is 5.78 Å². The predicted molar refractivity (Wildman–Crippen MR) is 75.5 cm³/mol. The van der Waals surface area contributed by atoms with Gasteiger partial charge in [-0.25, -0.2) is 0 Å². The van der Waals surface area contributed by atoms with Crippen molar-refractivity contribution in [3.05, 3.63) is 29.8 Å². The Morgan fingerprint density at radius 3 is 2.42 bits per heavy atom. The van der Waals surface area contributed by atoms with E-state index in [4.69, 9.17) is 0 Å². The molecule has 4 nitrogen and oxygen atoms in total. The van der Waals surface area contributed by atoms with Crippen molar-refractivity contribution in [1.29, 1.82) is 0 Å². The van der Waals surface area contributed by atoms with Gasteiger partial charge < -0.3 is 9.80 Å². The number of ketones is 1. The summed E-state index contributed by atoms with van der Waals surface area (Å²) >= 11 is 0. The van der Waals surface area contributed by atoms with E-state index < -0.39 is 0 Å². The molecule has 0 N–H and O–H groups in total. The Balaban J connectivity index is 2.19. The molecule has 19 heavy (non-hydrogen) atoms. The summed E-state index contributed by atoms with van der Waals surface area (Å²) in [5.74, 6) is 0.213. The van der Waals surface area contributed by atoms with Crippen LogP contribution >= 0.6 is 0 Å². The molecule has 1 aromatic rings. The van der Waals surface area contributed by atoms with Gasteiger partial charge in [-0.15, -0.1) is 0 Å². The fourth-order valence-corrected chi connectivity index (χ4v) is 2.52. The van der Waals surface area contributed by atoms with Crippen molar-refractivity contribution < 1.29 is 9.59 Å². The highest BCUT2D eigenvalue weighted by molar-refractivity contribution is 5.99. The third kappa shape index (κ3) is 3.13. The monoisotopic (exact) mass is 260 g/mol. The third-order valence-electron chi connectivity index (χ3n) is 3.57. The number of hydrogen-bond acceptors (Lipinski definition) is 3. The SMILES string of the molecule is CC(=O)c1ccccc1N1CCCN(C(C)=O)CC1. The molecule has 1 aliphatic heterocycles. The number of nitrogens with zero attached hydrogens (tertiary/aromatic N) is 2. The average Bonchev–Trinajstić information content (AvgIpc) is 2.64. The van der Waals surface area contributed by atoms with Crippen molar-refractivity contribution in [2.75, 3.05) is 31.1 Å². The zero-order chi connectivity index (χ0) is 13.8. The number of anilines is 1. The number of rotatable bonds is 2. The zero-order valence-corrected chi connectivity index (χ0v) is 11.6. The van der Waals surface area contributed by atoms with Crippen LogP contribution < -0.4 is 4.90 Å². The van der Waals surface area contributed by atoms with Gasteiger partial charge in [0, 0.05) is 44.4 Å². The summed E-state index contributed by atoms with van der Waals surface area (Å²) in [7, 11) is 0. The molecule has 1 heterocycles. The first-order valence-corrected chi connectivity index (χ1v) is 6.70. The molecule has 0 aromatic heterocycles. The minimum absolute atomic E-state index is 0.0864. The lowest BCUT2D eigenvalue weighted by atomic mass is 10.1. The molecular formula is C15H20N2O2. The van der Waals surface area contributed by atoms with Crippen LogP contribution in [0.1, 0.15) is 30.6 Å². The Bertz CT molecular complexity index is 485. The van der Waals surface area contributed by atoms with E-state index in [1.54, 1.807) is 13.8 Å². The Morgan fingerprint density at radius 2 is 1.74 bits per heavy atom. The second kappa shape index (κ2) is 5.87. The minimum Gasteiger partial charge on any atom is -0.369 e. The number of benzene rings is 1. The molecule has 1 saturated heterocycles. The molecule has 102 valence electrons. The van der Waals surface area contributed by atoms with Crippen LogP contribution in [0.4, 0.5) is 5.69 Å². The molecule has 4 heteroatoms. The molecule has 1 fully saturated rings. The number of amides is 1. The van der Waals surface area contributed by atoms with Crippen molar-refractivity contribution in [2.45, 2.75) is 20.3 Å². The zero-order valence-electron chi connectivity index (χ0n) is 11.6. The average molecular weight is 260 g/mol. The van der Waals surface area contributed by atoms with Crippen molar-refractivity contribution in [2.24, 2.45) is 0 Å². The quantitative estimate of drug-likeness (QED) is 0.763. The standard InChI is InChI=1S/C15H20N2O2/c1-12(18)14-6-3-4-7-15(14)17-9-5-8-16(10-11-17)13(2)19/h3-4,6-7H,5,8-11H2,1-2H3. The molecule has 0 unspecified atom stereocenters. The van der Waals surface area contributed by atoms with Gasteiger partial charge in [-0.3, -0.25) is 9.59 Å². The van der Waals surface area contributed by atoms with Gasteiger partial charge in [0.05, 0.1) is 0 Å². The molecule has 0 aliphatic carbocycles. The molecule has 0 spiro atoms. The molecular weight excluding hydrogens is 240 g/mol. The largest absolute Gasteiger partial charge is 0.369 e. The van der Waals surface area contributed by atoms with Gasteiger partial charge in [0.1, 0.15) is 0 Å². The summed E-state index contributed by atoms with van der Waals surface area (Å²) in [4.78, 5) is 27.2. The van der Waals surface area contributed by atoms with E-state index in [1.165, 1.54) is 0 Å². The highest BCUT2D eigenvalue weighted by Gasteiger charge is 2.19. The van der Waals surface area contributed by atoms with Crippen molar-refractivity contribution in [1.82, 2.24) is 4.90 Å². The number of Topliss-reactive ketones (excluding diaryl/α,β-unsaturated/α-hetero) is 1. The molecule has 0 saturated carbocycles. The number of hydrogen-bond donors (Lipinski definition) is 0. The van der Waals surface area contributed by atoms with E-state index in [0.717, 1.165) is 43.9 Å². The maximum atomic E-state index is 11.7. The summed E-state index contributed by atoms with van der Waals surface area (Å²) in [6.07, 6.45) is 0.936. The Kier molecular flexibility index (Phi) is 4.20. The predicted octanol–water partition coefficient (Wildman–Crippen LogP) is 1.95. The Morgan fingerprint density at radius 1 is 1.00 bits per heavy atom. The molecule has 1 aliphatic rings. The van der Waals surface area contributed by atoms with Crippen LogP contribution in [-0.2, 0) is 4.79 Å². The fraction of sp³-hybridized carbons (Fsp3) is 0.467. The maximum Gasteiger partial charge on any atom is 0.219 e. The van der Waals surface area contributed by atoms with E-state index >= 15 is 0 Å². The third-order valence-corrected chi connectivity index (χ3v) is 3.57. The summed E-state index contributed by atoms with van der Waals surface area (Å²) < 4.78 is 0. The fourth-order valence-electron chi connectivity index (χ4n) is 2.52. The normalized spacial score (nSPS) is 16.1. The molecule has 0 radical (unpaired) electrons. The number of para-hydroxylation sites is 1. The molecule has 0 atom stereocenters. The second-order valence-corrected chi connectivity index (χ2v) is 4.92. The second-order valence-electron chi connectivity index (χ2n) is 4.92. The lowest BCUT2D eigenvalue weighted by Gasteiger charge is -2.25. The summed E-state index contributed by atoms with van der Waals surface area (Å²) in [5, 5.41) is 0. The Labute approximate surface area is 114 Å². The summed E-state index contributed by atoms with van der Waals surface area (Å²) in [6.45, 7) is 6.39. The molecule has 2 rings (SSSR count). The van der Waals surface area contributed by atoms with Crippen LogP contribution in [0.25, 0.3) is 0 Å². The summed E-state index contributed by atoms with van der Waals surface area (Å²) in [6, 6.07) is 7.70. The first-order valence-electron chi connectivity index (χ1n) is 6.70. The molecule has 0 bridgehead atoms. The van der Waals surface area contributed by atoms with Crippen LogP contribution in [0, 0.1) is 0 Å². The Hall–Kier alpha value is -1.84. The van der Waals surface area contributed by atoms with Crippen molar-refractivity contribution in [3.8, 4) is 0 Å². The number of carbonyl (C=O) groups excluding carboxylic acids is 2. The van der Waals surface area contributed by atoms with E-state index in [1.807, 2.05) is 29.2 Å². The van der Waals surface area contributed by atoms with Crippen molar-refractivity contribution >= 4 is 17.4 Å². The lowest BCUT2D eigenvalue weighted by Crippen LogP contribution is -2.34. The first-order chi connectivity index (χ1) is 9.09. The highest BCUT2D eigenvalue weighted by atomic mass is 16.2. The van der Waals surface area contributed by atoms with E-state index in [2.05, 4.69) is 4.90 Å². The smallest absolute Gasteiger partial charge is 0.219 e. The maximum absolute atomic E-state index is 11.7. The van der Waals surface area contributed by atoms with Crippen LogP contribution in [0.15, 0.2) is 24.3 Å². The lowest BCUT2D eigenvalue weighted by molar-refractivity contribution is -0.128. The first kappa shape index (κ1) is 13.6. The summed E-state index contributed by atoms with van der Waals surface area (Å²) in [5.41, 5.74) is 1.75. The topological polar surface area (TPSA) is 40.6 Å². The van der Waals surface area contributed by atoms with Crippen LogP contribution in [0.3, 0.4) is 0 Å². The van der Waals surface area contributed by atoms with E-state index in [0.29, 0.717) is 0 Å². The van der Waals surface area contributed by atoms with Gasteiger partial charge >= 0.3 is 0 Å². The van der Waals surface area contributed by atoms with Gasteiger partial charge in [-0.05, 0) is 25.5 Å². The van der Waals surface area contributed by atoms with Gasteiger partial charge in [0.2, 0.25) is 5.91 Å². The highest BCUT2D eigenvalue weighted by Crippen LogP contribution is 2.22. The van der Waals surface area contributed by atoms with Crippen LogP contribution in [0.2, 0.25) is 0 Å². The minimum atomic E-state index is 0.0864. The molecule has 1 aromatic carbocycles. The van der Waals surface area contributed by atoms with Gasteiger partial charge in [0.25, 0.3) is 0 Å².